The average molecular weight is 305 g/mol. The Hall–Kier alpha value is -1.33. The Morgan fingerprint density at radius 3 is 2.16 bits per heavy atom. The summed E-state index contributed by atoms with van der Waals surface area (Å²) in [6.45, 7) is -0.696. The highest BCUT2D eigenvalue weighted by Gasteiger charge is 2.42. The minimum atomic E-state index is -5.33. The van der Waals surface area contributed by atoms with Gasteiger partial charge in [-0.15, -0.1) is 0 Å². The molecule has 0 saturated carbocycles. The van der Waals surface area contributed by atoms with Crippen molar-refractivity contribution in [2.24, 2.45) is 10.9 Å². The molecule has 11 heteroatoms. The Labute approximate surface area is 104 Å². The maximum absolute atomic E-state index is 12.8. The maximum Gasteiger partial charge on any atom is 0.418 e. The Morgan fingerprint density at radius 2 is 1.84 bits per heavy atom. The predicted molar refractivity (Wildman–Crippen MR) is 53.5 cm³/mol. The van der Waals surface area contributed by atoms with E-state index in [9.17, 15) is 30.4 Å². The first-order valence-corrected chi connectivity index (χ1v) is 6.14. The second kappa shape index (κ2) is 4.98. The fraction of sp³-hybridized carbons (Fsp3) is 0.375. The van der Waals surface area contributed by atoms with Crippen molar-refractivity contribution in [1.82, 2.24) is 4.98 Å². The van der Waals surface area contributed by atoms with Gasteiger partial charge in [-0.05, 0) is 0 Å². The lowest BCUT2D eigenvalue weighted by atomic mass is 10.1. The first kappa shape index (κ1) is 15.7. The van der Waals surface area contributed by atoms with Gasteiger partial charge < -0.3 is 5.73 Å². The Morgan fingerprint density at radius 1 is 1.32 bits per heavy atom. The Bertz CT molecular complexity index is 585. The highest BCUT2D eigenvalue weighted by atomic mass is 32.2. The molecule has 0 aromatic carbocycles. The fourth-order valence-electron chi connectivity index (χ4n) is 1.46. The van der Waals surface area contributed by atoms with Gasteiger partial charge in [0, 0.05) is 18.3 Å². The maximum atomic E-state index is 12.8. The van der Waals surface area contributed by atoms with Crippen molar-refractivity contribution in [2.45, 2.75) is 24.0 Å². The van der Waals surface area contributed by atoms with Crippen molar-refractivity contribution in [3.8, 4) is 0 Å². The lowest BCUT2D eigenvalue weighted by molar-refractivity contribution is -0.142. The number of hydrogen-bond acceptors (Lipinski definition) is 4. The van der Waals surface area contributed by atoms with Gasteiger partial charge in [0.25, 0.3) is 6.43 Å². The van der Waals surface area contributed by atoms with Crippen LogP contribution in [-0.4, -0.2) is 13.4 Å². The number of primary sulfonamides is 1. The van der Waals surface area contributed by atoms with Gasteiger partial charge >= 0.3 is 6.18 Å². The fourth-order valence-corrected chi connectivity index (χ4v) is 2.44. The minimum Gasteiger partial charge on any atom is -0.325 e. The van der Waals surface area contributed by atoms with Crippen LogP contribution in [0.5, 0.6) is 0 Å². The molecule has 0 unspecified atom stereocenters. The summed E-state index contributed by atoms with van der Waals surface area (Å²) in [7, 11) is -4.91. The van der Waals surface area contributed by atoms with Crippen LogP contribution in [-0.2, 0) is 22.7 Å². The summed E-state index contributed by atoms with van der Waals surface area (Å²) in [5.74, 6) is 0. The molecular weight excluding hydrogens is 297 g/mol. The van der Waals surface area contributed by atoms with E-state index in [2.05, 4.69) is 10.1 Å². The molecular formula is C8H8F5N3O2S. The summed E-state index contributed by atoms with van der Waals surface area (Å²) >= 11 is 0. The molecule has 0 aliphatic rings. The molecule has 0 spiro atoms. The van der Waals surface area contributed by atoms with E-state index in [1.807, 2.05) is 0 Å². The molecule has 0 bridgehead atoms. The van der Waals surface area contributed by atoms with Crippen LogP contribution in [0, 0.1) is 0 Å². The van der Waals surface area contributed by atoms with Gasteiger partial charge in [0.15, 0.2) is 0 Å². The number of aromatic nitrogens is 1. The van der Waals surface area contributed by atoms with Crippen molar-refractivity contribution >= 4 is 10.0 Å². The number of rotatable bonds is 3. The highest BCUT2D eigenvalue weighted by Crippen LogP contribution is 2.40. The topological polar surface area (TPSA) is 99.1 Å². The number of halogens is 5. The summed E-state index contributed by atoms with van der Waals surface area (Å²) in [6, 6.07) is 0. The van der Waals surface area contributed by atoms with Crippen LogP contribution in [0.3, 0.4) is 0 Å². The van der Waals surface area contributed by atoms with Gasteiger partial charge in [0.05, 0.1) is 11.3 Å². The third-order valence-corrected chi connectivity index (χ3v) is 3.14. The van der Waals surface area contributed by atoms with Crippen LogP contribution < -0.4 is 10.9 Å². The number of nitrogens with zero attached hydrogens (tertiary/aromatic N) is 1. The van der Waals surface area contributed by atoms with Gasteiger partial charge in [-0.1, -0.05) is 0 Å². The van der Waals surface area contributed by atoms with E-state index in [4.69, 9.17) is 5.73 Å². The molecule has 1 aromatic heterocycles. The van der Waals surface area contributed by atoms with Gasteiger partial charge in [0.1, 0.15) is 4.90 Å². The van der Waals surface area contributed by atoms with E-state index >= 15 is 0 Å². The van der Waals surface area contributed by atoms with Gasteiger partial charge in [0.2, 0.25) is 10.0 Å². The zero-order valence-electron chi connectivity index (χ0n) is 9.08. The summed E-state index contributed by atoms with van der Waals surface area (Å²) in [4.78, 5) is 1.68. The first-order chi connectivity index (χ1) is 8.50. The molecule has 108 valence electrons. The number of hydrogen-bond donors (Lipinski definition) is 2. The van der Waals surface area contributed by atoms with Crippen LogP contribution in [0.15, 0.2) is 11.1 Å². The first-order valence-electron chi connectivity index (χ1n) is 4.60. The van der Waals surface area contributed by atoms with E-state index in [1.54, 1.807) is 0 Å². The van der Waals surface area contributed by atoms with Crippen molar-refractivity contribution < 1.29 is 30.4 Å². The molecule has 1 aromatic rings. The number of pyridine rings is 1. The number of nitrogens with two attached hydrogens (primary N) is 2. The van der Waals surface area contributed by atoms with E-state index in [0.717, 1.165) is 0 Å². The minimum absolute atomic E-state index is 0.240. The molecule has 0 amide bonds. The van der Waals surface area contributed by atoms with Gasteiger partial charge in [-0.3, -0.25) is 4.98 Å². The standard InChI is InChI=1S/C8H8F5N3O2S/c9-7(10)3-2-16-4(1-14)6(19(15,17)18)5(3)8(11,12)13/h2,7H,1,14H2,(H2,15,17,18). The zero-order valence-corrected chi connectivity index (χ0v) is 9.89. The summed E-state index contributed by atoms with van der Waals surface area (Å²) in [5, 5.41) is 4.63. The lowest BCUT2D eigenvalue weighted by Gasteiger charge is -2.17. The molecule has 5 nitrogen and oxygen atoms in total. The predicted octanol–water partition coefficient (Wildman–Crippen LogP) is 1.14. The highest BCUT2D eigenvalue weighted by molar-refractivity contribution is 7.89. The van der Waals surface area contributed by atoms with Gasteiger partial charge in [-0.25, -0.2) is 22.3 Å². The SMILES string of the molecule is NCc1ncc(C(F)F)c(C(F)(F)F)c1S(N)(=O)=O. The summed E-state index contributed by atoms with van der Waals surface area (Å²) < 4.78 is 85.9. The largest absolute Gasteiger partial charge is 0.418 e. The Kier molecular flexibility index (Phi) is 4.12. The molecule has 0 aliphatic heterocycles. The molecule has 0 saturated heterocycles. The normalized spacial score (nSPS) is 13.1. The zero-order chi connectivity index (χ0) is 15.0. The summed E-state index contributed by atoms with van der Waals surface area (Å²) in [5.41, 5.74) is 0.737. The summed E-state index contributed by atoms with van der Waals surface area (Å²) in [6.07, 6.45) is -8.65. The van der Waals surface area contributed by atoms with Crippen LogP contribution >= 0.6 is 0 Å². The molecule has 0 atom stereocenters. The third kappa shape index (κ3) is 3.16. The molecule has 1 heterocycles. The molecule has 0 aliphatic carbocycles. The molecule has 0 fully saturated rings. The van der Waals surface area contributed by atoms with Crippen molar-refractivity contribution in [1.29, 1.82) is 0 Å². The van der Waals surface area contributed by atoms with Gasteiger partial charge in [-0.2, -0.15) is 13.2 Å². The molecule has 1 rings (SSSR count). The van der Waals surface area contributed by atoms with E-state index in [0.29, 0.717) is 0 Å². The number of alkyl halides is 5. The van der Waals surface area contributed by atoms with E-state index in [-0.39, 0.29) is 6.20 Å². The van der Waals surface area contributed by atoms with E-state index < -0.39 is 50.9 Å². The van der Waals surface area contributed by atoms with Crippen molar-refractivity contribution in [2.75, 3.05) is 0 Å². The van der Waals surface area contributed by atoms with Crippen LogP contribution in [0.4, 0.5) is 22.0 Å². The van der Waals surface area contributed by atoms with Crippen LogP contribution in [0.25, 0.3) is 0 Å². The van der Waals surface area contributed by atoms with Crippen molar-refractivity contribution in [3.63, 3.8) is 0 Å². The van der Waals surface area contributed by atoms with E-state index in [1.165, 1.54) is 0 Å². The molecule has 19 heavy (non-hydrogen) atoms. The number of sulfonamides is 1. The molecule has 0 radical (unpaired) electrons. The van der Waals surface area contributed by atoms with Crippen molar-refractivity contribution in [3.05, 3.63) is 23.0 Å². The third-order valence-electron chi connectivity index (χ3n) is 2.13. The van der Waals surface area contributed by atoms with Crippen LogP contribution in [0.1, 0.15) is 23.2 Å². The van der Waals surface area contributed by atoms with Crippen LogP contribution in [0.2, 0.25) is 0 Å². The smallest absolute Gasteiger partial charge is 0.325 e. The molecule has 4 N–H and O–H groups in total. The average Bonchev–Trinajstić information content (AvgIpc) is 2.24. The second-order valence-electron chi connectivity index (χ2n) is 3.41. The monoisotopic (exact) mass is 305 g/mol. The quantitative estimate of drug-likeness (QED) is 0.818. The lowest BCUT2D eigenvalue weighted by Crippen LogP contribution is -2.25. The second-order valence-corrected chi connectivity index (χ2v) is 4.91. The Balaban J connectivity index is 3.88.